The quantitative estimate of drug-likeness (QED) is 0.840. The lowest BCUT2D eigenvalue weighted by Crippen LogP contribution is -2.43. The van der Waals surface area contributed by atoms with Gasteiger partial charge in [0.1, 0.15) is 11.9 Å². The first kappa shape index (κ1) is 17.3. The number of carbonyl (C=O) groups excluding carboxylic acids is 1. The smallest absolute Gasteiger partial charge is 0.250 e. The topological polar surface area (TPSA) is 93.1 Å². The number of nitrogens with one attached hydrogen (secondary N) is 1. The zero-order valence-corrected chi connectivity index (χ0v) is 14.4. The van der Waals surface area contributed by atoms with Crippen molar-refractivity contribution in [3.8, 4) is 0 Å². The van der Waals surface area contributed by atoms with Gasteiger partial charge in [0.05, 0.1) is 13.2 Å². The summed E-state index contributed by atoms with van der Waals surface area (Å²) in [6, 6.07) is 4.97. The van der Waals surface area contributed by atoms with Crippen molar-refractivity contribution in [2.45, 2.75) is 38.8 Å². The Morgan fingerprint density at radius 3 is 3.12 bits per heavy atom. The number of aryl methyl sites for hydroxylation is 2. The molecule has 1 aliphatic rings. The van der Waals surface area contributed by atoms with Crippen molar-refractivity contribution in [1.82, 2.24) is 24.6 Å². The van der Waals surface area contributed by atoms with Gasteiger partial charge in [-0.1, -0.05) is 13.0 Å². The molecule has 3 heterocycles. The Morgan fingerprint density at radius 2 is 2.32 bits per heavy atom. The van der Waals surface area contributed by atoms with Crippen LogP contribution < -0.4 is 5.56 Å². The van der Waals surface area contributed by atoms with Gasteiger partial charge in [-0.15, -0.1) is 0 Å². The second-order valence-corrected chi connectivity index (χ2v) is 6.07. The molecule has 0 spiro atoms. The van der Waals surface area contributed by atoms with Gasteiger partial charge in [-0.2, -0.15) is 5.10 Å². The summed E-state index contributed by atoms with van der Waals surface area (Å²) in [5.74, 6) is 1.45. The van der Waals surface area contributed by atoms with Crippen molar-refractivity contribution in [2.75, 3.05) is 19.7 Å². The maximum absolute atomic E-state index is 12.5. The number of aromatic amines is 1. The fraction of sp³-hybridized carbons (Fsp3) is 0.529. The molecule has 1 saturated heterocycles. The molecule has 2 aromatic heterocycles. The van der Waals surface area contributed by atoms with E-state index < -0.39 is 0 Å². The van der Waals surface area contributed by atoms with Crippen LogP contribution in [0.1, 0.15) is 37.5 Å². The minimum Gasteiger partial charge on any atom is -0.366 e. The van der Waals surface area contributed by atoms with Crippen molar-refractivity contribution >= 4 is 5.91 Å². The second kappa shape index (κ2) is 8.06. The molecule has 134 valence electrons. The summed E-state index contributed by atoms with van der Waals surface area (Å²) in [6.45, 7) is 3.90. The minimum atomic E-state index is -0.306. The van der Waals surface area contributed by atoms with Gasteiger partial charge in [-0.3, -0.25) is 14.7 Å². The molecule has 1 N–H and O–H groups in total. The predicted molar refractivity (Wildman–Crippen MR) is 91.0 cm³/mol. The molecular weight excluding hydrogens is 322 g/mol. The third-order valence-electron chi connectivity index (χ3n) is 4.21. The van der Waals surface area contributed by atoms with E-state index in [1.165, 1.54) is 6.07 Å². The maximum Gasteiger partial charge on any atom is 0.250 e. The number of aromatic nitrogens is 4. The third kappa shape index (κ3) is 4.33. The van der Waals surface area contributed by atoms with Crippen molar-refractivity contribution in [1.29, 1.82) is 0 Å². The first-order valence-corrected chi connectivity index (χ1v) is 8.63. The molecule has 1 fully saturated rings. The van der Waals surface area contributed by atoms with Gasteiger partial charge in [-0.05, 0) is 12.5 Å². The van der Waals surface area contributed by atoms with Crippen molar-refractivity contribution < 1.29 is 9.53 Å². The normalized spacial score (nSPS) is 17.6. The molecule has 2 aromatic rings. The van der Waals surface area contributed by atoms with Crippen LogP contribution in [-0.2, 0) is 22.5 Å². The van der Waals surface area contributed by atoms with Crippen LogP contribution >= 0.6 is 0 Å². The Morgan fingerprint density at radius 1 is 1.44 bits per heavy atom. The first-order chi connectivity index (χ1) is 12.2. The lowest BCUT2D eigenvalue weighted by molar-refractivity contribution is -0.139. The summed E-state index contributed by atoms with van der Waals surface area (Å²) >= 11 is 0. The number of nitrogens with zero attached hydrogens (tertiary/aromatic N) is 4. The summed E-state index contributed by atoms with van der Waals surface area (Å²) in [6.07, 6.45) is 3.50. The van der Waals surface area contributed by atoms with Gasteiger partial charge in [0.15, 0.2) is 5.82 Å². The number of amides is 1. The van der Waals surface area contributed by atoms with E-state index in [9.17, 15) is 9.59 Å². The molecule has 8 nitrogen and oxygen atoms in total. The van der Waals surface area contributed by atoms with Crippen LogP contribution in [0.15, 0.2) is 29.2 Å². The van der Waals surface area contributed by atoms with Crippen LogP contribution in [0.5, 0.6) is 0 Å². The van der Waals surface area contributed by atoms with Gasteiger partial charge in [0.25, 0.3) is 5.56 Å². The standard InChI is InChI=1S/C17H23N5O3/c1-2-5-14-18-17(20-19-14)13-12-22(10-11-25-13)16(24)7-9-21-8-4-3-6-15(21)23/h3-4,6,8,13H,2,5,7,9-12H2,1H3,(H,18,19,20)/t13-/m0/s1. The van der Waals surface area contributed by atoms with E-state index in [4.69, 9.17) is 4.74 Å². The molecule has 1 aliphatic heterocycles. The zero-order valence-electron chi connectivity index (χ0n) is 14.4. The average molecular weight is 345 g/mol. The summed E-state index contributed by atoms with van der Waals surface area (Å²) in [5, 5.41) is 7.13. The number of pyridine rings is 1. The van der Waals surface area contributed by atoms with Gasteiger partial charge < -0.3 is 14.2 Å². The lowest BCUT2D eigenvalue weighted by Gasteiger charge is -2.31. The van der Waals surface area contributed by atoms with E-state index in [1.807, 2.05) is 0 Å². The average Bonchev–Trinajstić information content (AvgIpc) is 3.10. The SMILES string of the molecule is CCCc1nc([C@@H]2CN(C(=O)CCn3ccccc3=O)CCO2)n[nH]1. The van der Waals surface area contributed by atoms with E-state index in [1.54, 1.807) is 27.8 Å². The highest BCUT2D eigenvalue weighted by atomic mass is 16.5. The fourth-order valence-corrected chi connectivity index (χ4v) is 2.85. The molecule has 0 radical (unpaired) electrons. The molecule has 0 aliphatic carbocycles. The largest absolute Gasteiger partial charge is 0.366 e. The molecule has 1 amide bonds. The van der Waals surface area contributed by atoms with Crippen LogP contribution in [0.2, 0.25) is 0 Å². The summed E-state index contributed by atoms with van der Waals surface area (Å²) in [7, 11) is 0. The van der Waals surface area contributed by atoms with Crippen LogP contribution in [0, 0.1) is 0 Å². The van der Waals surface area contributed by atoms with Crippen LogP contribution in [0.25, 0.3) is 0 Å². The fourth-order valence-electron chi connectivity index (χ4n) is 2.85. The zero-order chi connectivity index (χ0) is 17.6. The van der Waals surface area contributed by atoms with E-state index in [2.05, 4.69) is 22.1 Å². The Hall–Kier alpha value is -2.48. The number of hydrogen-bond acceptors (Lipinski definition) is 5. The predicted octanol–water partition coefficient (Wildman–Crippen LogP) is 0.909. The second-order valence-electron chi connectivity index (χ2n) is 6.07. The van der Waals surface area contributed by atoms with Crippen LogP contribution in [-0.4, -0.2) is 50.3 Å². The number of morpholine rings is 1. The molecule has 25 heavy (non-hydrogen) atoms. The molecule has 0 saturated carbocycles. The van der Waals surface area contributed by atoms with Crippen molar-refractivity contribution in [3.05, 3.63) is 46.4 Å². The van der Waals surface area contributed by atoms with Gasteiger partial charge in [0.2, 0.25) is 5.91 Å². The lowest BCUT2D eigenvalue weighted by atomic mass is 10.2. The van der Waals surface area contributed by atoms with Crippen LogP contribution in [0.3, 0.4) is 0 Å². The molecule has 0 aromatic carbocycles. The number of H-pyrrole nitrogens is 1. The maximum atomic E-state index is 12.5. The molecule has 0 bridgehead atoms. The molecule has 3 rings (SSSR count). The number of ether oxygens (including phenoxy) is 1. The van der Waals surface area contributed by atoms with E-state index >= 15 is 0 Å². The van der Waals surface area contributed by atoms with E-state index in [-0.39, 0.29) is 24.0 Å². The monoisotopic (exact) mass is 345 g/mol. The highest BCUT2D eigenvalue weighted by Gasteiger charge is 2.27. The number of rotatable bonds is 6. The first-order valence-electron chi connectivity index (χ1n) is 8.63. The summed E-state index contributed by atoms with van der Waals surface area (Å²) < 4.78 is 7.27. The molecular formula is C17H23N5O3. The minimum absolute atomic E-state index is 0.00775. The summed E-state index contributed by atoms with van der Waals surface area (Å²) in [4.78, 5) is 30.4. The Bertz CT molecular complexity index is 769. The summed E-state index contributed by atoms with van der Waals surface area (Å²) in [5.41, 5.74) is -0.0978. The Labute approximate surface area is 145 Å². The highest BCUT2D eigenvalue weighted by molar-refractivity contribution is 5.76. The van der Waals surface area contributed by atoms with Gasteiger partial charge in [0, 0.05) is 38.2 Å². The molecule has 1 atom stereocenters. The third-order valence-corrected chi connectivity index (χ3v) is 4.21. The number of hydrogen-bond donors (Lipinski definition) is 1. The van der Waals surface area contributed by atoms with Gasteiger partial charge in [-0.25, -0.2) is 4.98 Å². The van der Waals surface area contributed by atoms with E-state index in [0.717, 1.165) is 18.7 Å². The van der Waals surface area contributed by atoms with Crippen molar-refractivity contribution in [3.63, 3.8) is 0 Å². The van der Waals surface area contributed by atoms with Crippen LogP contribution in [0.4, 0.5) is 0 Å². The van der Waals surface area contributed by atoms with Crippen molar-refractivity contribution in [2.24, 2.45) is 0 Å². The van der Waals surface area contributed by atoms with Gasteiger partial charge >= 0.3 is 0 Å². The Kier molecular flexibility index (Phi) is 5.60. The number of carbonyl (C=O) groups is 1. The molecule has 0 unspecified atom stereocenters. The molecule has 8 heteroatoms. The van der Waals surface area contributed by atoms with E-state index in [0.29, 0.717) is 32.1 Å². The Balaban J connectivity index is 1.57. The highest BCUT2D eigenvalue weighted by Crippen LogP contribution is 2.20.